The molecule has 1 aliphatic rings. The summed E-state index contributed by atoms with van der Waals surface area (Å²) in [5.74, 6) is 1.64. The van der Waals surface area contributed by atoms with E-state index >= 15 is 4.48 Å². The van der Waals surface area contributed by atoms with Crippen molar-refractivity contribution in [1.29, 1.82) is 0 Å². The number of hydrogen-bond acceptors (Lipinski definition) is 5. The van der Waals surface area contributed by atoms with E-state index in [-0.39, 0.29) is 0 Å². The van der Waals surface area contributed by atoms with Gasteiger partial charge in [0.15, 0.2) is 11.5 Å². The van der Waals surface area contributed by atoms with E-state index in [1.54, 1.807) is 21.3 Å². The van der Waals surface area contributed by atoms with Crippen molar-refractivity contribution in [1.82, 2.24) is 5.32 Å². The van der Waals surface area contributed by atoms with Crippen molar-refractivity contribution < 1.29 is 18.7 Å². The van der Waals surface area contributed by atoms with Gasteiger partial charge < -0.3 is 14.2 Å². The van der Waals surface area contributed by atoms with Crippen LogP contribution in [0.25, 0.3) is 0 Å². The molecule has 1 aliphatic heterocycles. The third-order valence-electron chi connectivity index (χ3n) is 4.85. The molecule has 0 radical (unpaired) electrons. The highest BCUT2D eigenvalue weighted by Crippen LogP contribution is 2.41. The Morgan fingerprint density at radius 2 is 1.85 bits per heavy atom. The highest BCUT2D eigenvalue weighted by molar-refractivity contribution is 9.10. The van der Waals surface area contributed by atoms with Crippen molar-refractivity contribution in [3.8, 4) is 17.2 Å². The third kappa shape index (κ3) is 3.71. The Balaban J connectivity index is 1.97. The van der Waals surface area contributed by atoms with E-state index in [4.69, 9.17) is 14.2 Å². The lowest BCUT2D eigenvalue weighted by molar-refractivity contribution is 0.311. The number of rotatable bonds is 5. The van der Waals surface area contributed by atoms with Gasteiger partial charge in [-0.15, -0.1) is 0 Å². The minimum atomic E-state index is -0.531. The molecule has 0 saturated carbocycles. The summed E-state index contributed by atoms with van der Waals surface area (Å²) in [6, 6.07) is 7.69. The summed E-state index contributed by atoms with van der Waals surface area (Å²) in [6.07, 6.45) is 0.630. The van der Waals surface area contributed by atoms with Crippen molar-refractivity contribution in [2.24, 2.45) is 0 Å². The van der Waals surface area contributed by atoms with Crippen molar-refractivity contribution in [3.05, 3.63) is 45.4 Å². The van der Waals surface area contributed by atoms with Crippen molar-refractivity contribution >= 4 is 21.6 Å². The average Bonchev–Trinajstić information content (AvgIpc) is 2.83. The van der Waals surface area contributed by atoms with E-state index in [0.29, 0.717) is 35.9 Å². The van der Waals surface area contributed by atoms with Crippen LogP contribution in [0.2, 0.25) is 0 Å². The standard InChI is InChI=1S/C20H24BrFN2O3/c1-12-5-6-13-9-10-23-16(24(22)18(13)17(12)21)11-14-7-8-15(25-2)20(27-4)19(14)26-3/h5-8,16,23H,9-11H2,1-4H3. The fraction of sp³-hybridized carbons (Fsp3) is 0.400. The van der Waals surface area contributed by atoms with E-state index in [2.05, 4.69) is 21.2 Å². The van der Waals surface area contributed by atoms with Gasteiger partial charge in [0.25, 0.3) is 0 Å². The zero-order valence-electron chi connectivity index (χ0n) is 15.9. The minimum absolute atomic E-state index is 0.403. The van der Waals surface area contributed by atoms with Gasteiger partial charge in [-0.1, -0.05) is 22.7 Å². The van der Waals surface area contributed by atoms with Gasteiger partial charge >= 0.3 is 0 Å². The maximum atomic E-state index is 15.4. The molecule has 146 valence electrons. The van der Waals surface area contributed by atoms with Crippen LogP contribution in [0.4, 0.5) is 10.2 Å². The van der Waals surface area contributed by atoms with Crippen molar-refractivity contribution in [3.63, 3.8) is 0 Å². The van der Waals surface area contributed by atoms with Crippen molar-refractivity contribution in [2.75, 3.05) is 33.0 Å². The molecule has 0 bridgehead atoms. The molecule has 0 saturated heterocycles. The lowest BCUT2D eigenvalue weighted by Crippen LogP contribution is -2.42. The summed E-state index contributed by atoms with van der Waals surface area (Å²) >= 11 is 3.55. The van der Waals surface area contributed by atoms with Gasteiger partial charge in [-0.3, -0.25) is 5.32 Å². The molecule has 0 aromatic heterocycles. The van der Waals surface area contributed by atoms with E-state index in [9.17, 15) is 0 Å². The molecule has 7 heteroatoms. The normalized spacial score (nSPS) is 16.5. The molecule has 0 fully saturated rings. The number of anilines is 1. The van der Waals surface area contributed by atoms with Crippen LogP contribution in [0.15, 0.2) is 28.7 Å². The van der Waals surface area contributed by atoms with E-state index in [0.717, 1.165) is 32.7 Å². The first kappa shape index (κ1) is 19.8. The molecule has 0 spiro atoms. The van der Waals surface area contributed by atoms with Gasteiger partial charge in [-0.2, -0.15) is 5.12 Å². The van der Waals surface area contributed by atoms with Crippen LogP contribution in [0.5, 0.6) is 17.2 Å². The SMILES string of the molecule is COc1ccc(CC2NCCc3ccc(C)c(Br)c3N2F)c(OC)c1OC. The topological polar surface area (TPSA) is 43.0 Å². The molecule has 1 heterocycles. The molecule has 2 aromatic rings. The number of methoxy groups -OCH3 is 3. The Hall–Kier alpha value is -1.99. The number of ether oxygens (including phenoxy) is 3. The molecule has 2 aromatic carbocycles. The minimum Gasteiger partial charge on any atom is -0.493 e. The van der Waals surface area contributed by atoms with E-state index < -0.39 is 6.17 Å². The van der Waals surface area contributed by atoms with E-state index in [1.165, 1.54) is 0 Å². The number of nitrogens with one attached hydrogen (secondary N) is 1. The van der Waals surface area contributed by atoms with Gasteiger partial charge in [-0.05, 0) is 46.5 Å². The Bertz CT molecular complexity index is 831. The number of fused-ring (bicyclic) bond motifs is 1. The highest BCUT2D eigenvalue weighted by Gasteiger charge is 2.29. The van der Waals surface area contributed by atoms with Crippen LogP contribution in [-0.4, -0.2) is 34.0 Å². The zero-order valence-corrected chi connectivity index (χ0v) is 17.5. The molecule has 0 amide bonds. The molecule has 5 nitrogen and oxygen atoms in total. The second kappa shape index (κ2) is 8.35. The van der Waals surface area contributed by atoms with Gasteiger partial charge in [0, 0.05) is 23.0 Å². The highest BCUT2D eigenvalue weighted by atomic mass is 79.9. The van der Waals surface area contributed by atoms with Crippen LogP contribution in [0.1, 0.15) is 16.7 Å². The summed E-state index contributed by atoms with van der Waals surface area (Å²) < 4.78 is 32.5. The van der Waals surface area contributed by atoms with Gasteiger partial charge in [0.1, 0.15) is 6.17 Å². The Labute approximate surface area is 167 Å². The number of halogens is 2. The molecule has 1 N–H and O–H groups in total. The first-order valence-corrected chi connectivity index (χ1v) is 9.55. The van der Waals surface area contributed by atoms with Crippen LogP contribution in [-0.2, 0) is 12.8 Å². The maximum Gasteiger partial charge on any atom is 0.203 e. The fourth-order valence-electron chi connectivity index (χ4n) is 3.43. The Morgan fingerprint density at radius 1 is 1.11 bits per heavy atom. The number of hydrogen-bond donors (Lipinski definition) is 1. The lowest BCUT2D eigenvalue weighted by atomic mass is 10.1. The fourth-order valence-corrected chi connectivity index (χ4v) is 3.99. The third-order valence-corrected chi connectivity index (χ3v) is 5.85. The molecule has 0 aliphatic carbocycles. The lowest BCUT2D eigenvalue weighted by Gasteiger charge is -2.27. The second-order valence-corrected chi connectivity index (χ2v) is 7.23. The van der Waals surface area contributed by atoms with Gasteiger partial charge in [0.05, 0.1) is 27.0 Å². The molecule has 27 heavy (non-hydrogen) atoms. The summed E-state index contributed by atoms with van der Waals surface area (Å²) in [7, 11) is 4.71. The van der Waals surface area contributed by atoms with Gasteiger partial charge in [-0.25, -0.2) is 0 Å². The summed E-state index contributed by atoms with van der Waals surface area (Å²) in [5, 5.41) is 4.11. The summed E-state index contributed by atoms with van der Waals surface area (Å²) in [4.78, 5) is 0. The molecule has 1 atom stereocenters. The monoisotopic (exact) mass is 438 g/mol. The van der Waals surface area contributed by atoms with Crippen molar-refractivity contribution in [2.45, 2.75) is 25.9 Å². The largest absolute Gasteiger partial charge is 0.493 e. The van der Waals surface area contributed by atoms with E-state index in [1.807, 2.05) is 31.2 Å². The Kier molecular flexibility index (Phi) is 6.11. The number of benzene rings is 2. The van der Waals surface area contributed by atoms with Crippen LogP contribution in [0.3, 0.4) is 0 Å². The number of aryl methyl sites for hydroxylation is 1. The molecular weight excluding hydrogens is 415 g/mol. The summed E-state index contributed by atoms with van der Waals surface area (Å²) in [5.41, 5.74) is 3.40. The summed E-state index contributed by atoms with van der Waals surface area (Å²) in [6.45, 7) is 2.64. The number of nitrogens with zero attached hydrogens (tertiary/aromatic N) is 1. The molecule has 3 rings (SSSR count). The smallest absolute Gasteiger partial charge is 0.203 e. The molecule has 1 unspecified atom stereocenters. The second-order valence-electron chi connectivity index (χ2n) is 6.43. The quantitative estimate of drug-likeness (QED) is 0.708. The molecular formula is C20H24BrFN2O3. The predicted octanol–water partition coefficient (Wildman–Crippen LogP) is 4.19. The average molecular weight is 439 g/mol. The van der Waals surface area contributed by atoms with Crippen LogP contribution < -0.4 is 24.6 Å². The first-order valence-electron chi connectivity index (χ1n) is 8.76. The maximum absolute atomic E-state index is 15.4. The zero-order chi connectivity index (χ0) is 19.6. The predicted molar refractivity (Wildman–Crippen MR) is 108 cm³/mol. The van der Waals surface area contributed by atoms with Crippen LogP contribution >= 0.6 is 15.9 Å². The first-order chi connectivity index (χ1) is 13.0. The van der Waals surface area contributed by atoms with Gasteiger partial charge in [0.2, 0.25) is 5.75 Å². The Morgan fingerprint density at radius 3 is 2.52 bits per heavy atom. The van der Waals surface area contributed by atoms with Crippen LogP contribution in [0, 0.1) is 6.92 Å².